The molecule has 2 aromatic carbocycles. The first-order chi connectivity index (χ1) is 14.0. The van der Waals surface area contributed by atoms with Crippen molar-refractivity contribution < 1.29 is 24.1 Å². The largest absolute Gasteiger partial charge is 0.510 e. The van der Waals surface area contributed by atoms with Crippen LogP contribution in [0.25, 0.3) is 10.7 Å². The average molecular weight is 395 g/mol. The summed E-state index contributed by atoms with van der Waals surface area (Å²) >= 11 is 0. The Balaban J connectivity index is 2.14. The van der Waals surface area contributed by atoms with Gasteiger partial charge in [-0.3, -0.25) is 0 Å². The van der Waals surface area contributed by atoms with Crippen molar-refractivity contribution in [1.29, 1.82) is 5.39 Å². The number of methoxy groups -OCH3 is 2. The Bertz CT molecular complexity index is 1010. The topological polar surface area (TPSA) is 93.1 Å². The van der Waals surface area contributed by atoms with Gasteiger partial charge in [0.1, 0.15) is 11.5 Å². The van der Waals surface area contributed by atoms with Crippen molar-refractivity contribution in [1.82, 2.24) is 0 Å². The molecule has 0 heterocycles. The van der Waals surface area contributed by atoms with Crippen molar-refractivity contribution >= 4 is 11.7 Å². The van der Waals surface area contributed by atoms with Gasteiger partial charge in [0.15, 0.2) is 4.98 Å². The standard InChI is InChI=1S/C22H22N2O5/c1-4-29-22(26)20(24-23)21(25)19-12-15(28-3)7-10-18(19)17-8-5-13-11-14(27-2)6-9-16(13)17/h6-7,9-12,17H,4-5,8H2,1-3H3/p+1. The smallest absolute Gasteiger partial charge is 0.501 e. The number of aryl methyl sites for hydroxylation is 1. The van der Waals surface area contributed by atoms with Crippen LogP contribution >= 0.6 is 0 Å². The lowest BCUT2D eigenvalue weighted by Gasteiger charge is -2.17. The molecule has 1 atom stereocenters. The van der Waals surface area contributed by atoms with E-state index in [0.717, 1.165) is 29.7 Å². The van der Waals surface area contributed by atoms with Crippen molar-refractivity contribution in [2.24, 2.45) is 0 Å². The fraction of sp³-hybridized carbons (Fsp3) is 0.318. The zero-order valence-corrected chi connectivity index (χ0v) is 16.6. The van der Waals surface area contributed by atoms with Crippen molar-refractivity contribution in [3.8, 4) is 11.5 Å². The summed E-state index contributed by atoms with van der Waals surface area (Å²) in [4.78, 5) is 15.1. The molecule has 0 aliphatic heterocycles. The highest BCUT2D eigenvalue weighted by atomic mass is 16.5. The van der Waals surface area contributed by atoms with Crippen molar-refractivity contribution in [3.05, 3.63) is 69.3 Å². The van der Waals surface area contributed by atoms with Crippen LogP contribution in [0.3, 0.4) is 0 Å². The fourth-order valence-electron chi connectivity index (χ4n) is 3.73. The second-order valence-corrected chi connectivity index (χ2v) is 6.63. The Morgan fingerprint density at radius 1 is 1.14 bits per heavy atom. The summed E-state index contributed by atoms with van der Waals surface area (Å²) in [5.41, 5.74) is 2.92. The van der Waals surface area contributed by atoms with E-state index in [4.69, 9.17) is 14.2 Å². The molecule has 0 spiro atoms. The van der Waals surface area contributed by atoms with Gasteiger partial charge in [0.2, 0.25) is 11.2 Å². The highest BCUT2D eigenvalue weighted by Gasteiger charge is 2.35. The van der Waals surface area contributed by atoms with Gasteiger partial charge in [-0.25, -0.2) is 4.79 Å². The number of carbonyl (C=O) groups excluding carboxylic acids is 1. The number of hydrogen-bond donors (Lipinski definition) is 1. The Kier molecular flexibility index (Phi) is 6.03. The van der Waals surface area contributed by atoms with Crippen LogP contribution in [0.15, 0.2) is 42.1 Å². The van der Waals surface area contributed by atoms with Gasteiger partial charge in [0, 0.05) is 11.5 Å². The summed E-state index contributed by atoms with van der Waals surface area (Å²) < 4.78 is 15.5. The summed E-state index contributed by atoms with van der Waals surface area (Å²) in [5, 5.41) is 20.1. The van der Waals surface area contributed by atoms with Crippen LogP contribution in [0, 0.1) is 5.39 Å². The molecule has 0 amide bonds. The maximum absolute atomic E-state index is 12.1. The maximum atomic E-state index is 12.1. The molecule has 0 radical (unpaired) electrons. The van der Waals surface area contributed by atoms with E-state index in [1.165, 1.54) is 12.7 Å². The molecule has 0 saturated carbocycles. The van der Waals surface area contributed by atoms with Gasteiger partial charge < -0.3 is 19.3 Å². The monoisotopic (exact) mass is 395 g/mol. The first kappa shape index (κ1) is 20.2. The summed E-state index contributed by atoms with van der Waals surface area (Å²) in [6.45, 7) is 1.72. The van der Waals surface area contributed by atoms with E-state index in [2.05, 4.69) is 4.98 Å². The molecule has 7 nitrogen and oxygen atoms in total. The minimum atomic E-state index is -0.905. The number of esters is 1. The molecule has 2 aromatic rings. The minimum Gasteiger partial charge on any atom is -0.501 e. The van der Waals surface area contributed by atoms with Crippen molar-refractivity contribution in [2.75, 3.05) is 20.8 Å². The third kappa shape index (κ3) is 3.87. The van der Waals surface area contributed by atoms with Crippen LogP contribution in [0.5, 0.6) is 11.5 Å². The summed E-state index contributed by atoms with van der Waals surface area (Å²) in [6.07, 6.45) is 1.70. The van der Waals surface area contributed by atoms with Gasteiger partial charge in [-0.05, 0) is 60.7 Å². The molecule has 0 saturated heterocycles. The maximum Gasteiger partial charge on any atom is 0.510 e. The number of aliphatic hydroxyl groups is 1. The Labute approximate surface area is 169 Å². The van der Waals surface area contributed by atoms with Gasteiger partial charge in [-0.2, -0.15) is 0 Å². The van der Waals surface area contributed by atoms with Crippen LogP contribution < -0.4 is 9.47 Å². The molecule has 1 N–H and O–H groups in total. The van der Waals surface area contributed by atoms with E-state index in [9.17, 15) is 15.3 Å². The molecule has 150 valence electrons. The molecule has 1 aliphatic rings. The Morgan fingerprint density at radius 2 is 1.79 bits per heavy atom. The van der Waals surface area contributed by atoms with Crippen molar-refractivity contribution in [2.45, 2.75) is 25.7 Å². The summed E-state index contributed by atoms with van der Waals surface area (Å²) in [5.74, 6) is -0.0593. The highest BCUT2D eigenvalue weighted by molar-refractivity contribution is 5.98. The van der Waals surface area contributed by atoms with E-state index in [1.54, 1.807) is 26.2 Å². The number of hydrogen-bond acceptors (Lipinski definition) is 6. The number of benzene rings is 2. The van der Waals surface area contributed by atoms with Crippen LogP contribution in [-0.4, -0.2) is 31.9 Å². The minimum absolute atomic E-state index is 0.00102. The van der Waals surface area contributed by atoms with Crippen molar-refractivity contribution in [3.63, 3.8) is 0 Å². The lowest BCUT2D eigenvalue weighted by atomic mass is 9.88. The number of aliphatic hydroxyl groups excluding tert-OH is 1. The Morgan fingerprint density at radius 3 is 2.41 bits per heavy atom. The molecule has 1 unspecified atom stereocenters. The zero-order valence-electron chi connectivity index (χ0n) is 16.6. The first-order valence-electron chi connectivity index (χ1n) is 9.34. The predicted molar refractivity (Wildman–Crippen MR) is 107 cm³/mol. The van der Waals surface area contributed by atoms with E-state index >= 15 is 0 Å². The first-order valence-corrected chi connectivity index (χ1v) is 9.34. The second kappa shape index (κ2) is 8.65. The second-order valence-electron chi connectivity index (χ2n) is 6.63. The number of carbonyl (C=O) groups is 1. The van der Waals surface area contributed by atoms with Gasteiger partial charge in [-0.1, -0.05) is 12.1 Å². The Hall–Kier alpha value is -3.53. The highest BCUT2D eigenvalue weighted by Crippen LogP contribution is 2.43. The summed E-state index contributed by atoms with van der Waals surface area (Å²) in [7, 11) is 3.15. The molecule has 3 rings (SSSR count). The number of nitrogens with zero attached hydrogens (tertiary/aromatic N) is 2. The van der Waals surface area contributed by atoms with Crippen LogP contribution in [-0.2, 0) is 16.0 Å². The number of diazo groups is 1. The molecule has 7 heteroatoms. The van der Waals surface area contributed by atoms with Crippen LogP contribution in [0.1, 0.15) is 41.5 Å². The van der Waals surface area contributed by atoms with E-state index < -0.39 is 17.4 Å². The quantitative estimate of drug-likeness (QED) is 0.337. The van der Waals surface area contributed by atoms with E-state index in [-0.39, 0.29) is 12.5 Å². The fourth-order valence-corrected chi connectivity index (χ4v) is 3.73. The normalized spacial score (nSPS) is 15.7. The predicted octanol–water partition coefficient (Wildman–Crippen LogP) is 4.42. The molecule has 1 aliphatic carbocycles. The molecular formula is C22H23N2O5+. The number of rotatable bonds is 6. The molecule has 0 bridgehead atoms. The van der Waals surface area contributed by atoms with Gasteiger partial charge in [-0.15, -0.1) is 0 Å². The zero-order chi connectivity index (χ0) is 21.0. The molecule has 0 fully saturated rings. The van der Waals surface area contributed by atoms with Gasteiger partial charge in [0.05, 0.1) is 20.8 Å². The van der Waals surface area contributed by atoms with Gasteiger partial charge >= 0.3 is 11.7 Å². The lowest BCUT2D eigenvalue weighted by molar-refractivity contribution is -0.138. The SMILES string of the molecule is CCOC(=O)/C([N+]#N)=C(\O)c1cc(OC)ccc1C1CCc2cc(OC)ccc21. The summed E-state index contributed by atoms with van der Waals surface area (Å²) in [6, 6.07) is 11.2. The van der Waals surface area contributed by atoms with E-state index in [0.29, 0.717) is 11.3 Å². The molecular weight excluding hydrogens is 372 g/mol. The number of ether oxygens (including phenoxy) is 3. The van der Waals surface area contributed by atoms with Crippen LogP contribution in [0.4, 0.5) is 0 Å². The third-order valence-electron chi connectivity index (χ3n) is 5.11. The molecule has 0 aromatic heterocycles. The van der Waals surface area contributed by atoms with E-state index in [1.807, 2.05) is 24.3 Å². The van der Waals surface area contributed by atoms with Crippen LogP contribution in [0.2, 0.25) is 0 Å². The third-order valence-corrected chi connectivity index (χ3v) is 5.11. The lowest BCUT2D eigenvalue weighted by Crippen LogP contribution is -2.09. The molecule has 29 heavy (non-hydrogen) atoms. The number of fused-ring (bicyclic) bond motifs is 1. The van der Waals surface area contributed by atoms with Gasteiger partial charge in [0.25, 0.3) is 0 Å². The average Bonchev–Trinajstić information content (AvgIpc) is 3.16.